The van der Waals surface area contributed by atoms with Crippen LogP contribution in [0.1, 0.15) is 60.0 Å². The van der Waals surface area contributed by atoms with Crippen molar-refractivity contribution in [2.75, 3.05) is 13.1 Å². The standard InChI is InChI=1S/C23H30N4O3/c28-21-9-8-20(22(29)26-21)27-13-18-14(4-3-6-17(18)23(27)30)10-24-11-15-12-25-19-7-2-1-5-16(15)19/h3-4,6,15-16,19-20,24-25H,1-2,5,7-13H2,(H,26,28,29). The maximum absolute atomic E-state index is 12.9. The van der Waals surface area contributed by atoms with Crippen LogP contribution in [0, 0.1) is 11.8 Å². The minimum Gasteiger partial charge on any atom is -0.322 e. The van der Waals surface area contributed by atoms with Crippen molar-refractivity contribution in [1.29, 1.82) is 0 Å². The summed E-state index contributed by atoms with van der Waals surface area (Å²) in [6.07, 6.45) is 6.02. The summed E-state index contributed by atoms with van der Waals surface area (Å²) in [7, 11) is 0. The van der Waals surface area contributed by atoms with Gasteiger partial charge in [-0.15, -0.1) is 0 Å². The molecule has 5 rings (SSSR count). The van der Waals surface area contributed by atoms with Gasteiger partial charge in [0.15, 0.2) is 0 Å². The van der Waals surface area contributed by atoms with Crippen LogP contribution in [0.15, 0.2) is 18.2 Å². The zero-order chi connectivity index (χ0) is 20.7. The first-order chi connectivity index (χ1) is 14.6. The van der Waals surface area contributed by atoms with E-state index in [4.69, 9.17) is 0 Å². The molecule has 3 N–H and O–H groups in total. The topological polar surface area (TPSA) is 90.5 Å². The molecule has 0 aromatic heterocycles. The molecule has 7 heteroatoms. The van der Waals surface area contributed by atoms with E-state index in [9.17, 15) is 14.4 Å². The summed E-state index contributed by atoms with van der Waals surface area (Å²) < 4.78 is 0. The molecule has 2 saturated heterocycles. The molecule has 1 aromatic rings. The third-order valence-corrected chi connectivity index (χ3v) is 7.47. The fourth-order valence-electron chi connectivity index (χ4n) is 5.86. The van der Waals surface area contributed by atoms with Gasteiger partial charge in [-0.2, -0.15) is 0 Å². The summed E-state index contributed by atoms with van der Waals surface area (Å²) in [5.74, 6) is 0.743. The fourth-order valence-corrected chi connectivity index (χ4v) is 5.86. The monoisotopic (exact) mass is 410 g/mol. The predicted octanol–water partition coefficient (Wildman–Crippen LogP) is 1.32. The highest BCUT2D eigenvalue weighted by atomic mass is 16.2. The number of hydrogen-bond acceptors (Lipinski definition) is 5. The van der Waals surface area contributed by atoms with Crippen LogP contribution in [-0.2, 0) is 22.7 Å². The maximum Gasteiger partial charge on any atom is 0.255 e. The lowest BCUT2D eigenvalue weighted by atomic mass is 9.80. The third-order valence-electron chi connectivity index (χ3n) is 7.47. The largest absolute Gasteiger partial charge is 0.322 e. The van der Waals surface area contributed by atoms with Gasteiger partial charge >= 0.3 is 0 Å². The SMILES string of the molecule is O=C1CCC(N2Cc3c(CNCC4CNC5CCCCC45)cccc3C2=O)C(=O)N1. The van der Waals surface area contributed by atoms with Crippen LogP contribution in [0.5, 0.6) is 0 Å². The number of nitrogens with zero attached hydrogens (tertiary/aromatic N) is 1. The van der Waals surface area contributed by atoms with Crippen LogP contribution in [0.2, 0.25) is 0 Å². The smallest absolute Gasteiger partial charge is 0.255 e. The van der Waals surface area contributed by atoms with Gasteiger partial charge in [-0.3, -0.25) is 19.7 Å². The number of carbonyl (C=O) groups excluding carboxylic acids is 3. The molecule has 4 aliphatic rings. The van der Waals surface area contributed by atoms with E-state index in [0.29, 0.717) is 30.5 Å². The lowest BCUT2D eigenvalue weighted by Crippen LogP contribution is -2.52. The van der Waals surface area contributed by atoms with Crippen LogP contribution >= 0.6 is 0 Å². The van der Waals surface area contributed by atoms with Crippen LogP contribution < -0.4 is 16.0 Å². The summed E-state index contributed by atoms with van der Waals surface area (Å²) in [4.78, 5) is 38.3. The molecule has 3 aliphatic heterocycles. The first-order valence-electron chi connectivity index (χ1n) is 11.3. The van der Waals surface area contributed by atoms with Crippen molar-refractivity contribution < 1.29 is 14.4 Å². The number of piperidine rings is 1. The van der Waals surface area contributed by atoms with E-state index in [0.717, 1.165) is 36.7 Å². The number of imide groups is 1. The first-order valence-corrected chi connectivity index (χ1v) is 11.3. The Morgan fingerprint density at radius 3 is 2.83 bits per heavy atom. The number of nitrogens with one attached hydrogen (secondary N) is 3. The van der Waals surface area contributed by atoms with Crippen molar-refractivity contribution in [2.45, 2.75) is 63.7 Å². The van der Waals surface area contributed by atoms with Crippen LogP contribution in [0.4, 0.5) is 0 Å². The number of hydrogen-bond donors (Lipinski definition) is 3. The lowest BCUT2D eigenvalue weighted by molar-refractivity contribution is -0.136. The first kappa shape index (κ1) is 19.7. The average Bonchev–Trinajstić information content (AvgIpc) is 3.30. The van der Waals surface area contributed by atoms with Crippen LogP contribution in [0.3, 0.4) is 0 Å². The molecular formula is C23H30N4O3. The number of rotatable bonds is 5. The summed E-state index contributed by atoms with van der Waals surface area (Å²) in [6, 6.07) is 5.99. The van der Waals surface area contributed by atoms with Gasteiger partial charge < -0.3 is 15.5 Å². The van der Waals surface area contributed by atoms with E-state index in [1.54, 1.807) is 4.90 Å². The Bertz CT molecular complexity index is 870. The zero-order valence-electron chi connectivity index (χ0n) is 17.3. The van der Waals surface area contributed by atoms with Crippen molar-refractivity contribution in [3.05, 3.63) is 34.9 Å². The second-order valence-electron chi connectivity index (χ2n) is 9.20. The van der Waals surface area contributed by atoms with E-state index in [2.05, 4.69) is 22.0 Å². The van der Waals surface area contributed by atoms with Crippen LogP contribution in [0.25, 0.3) is 0 Å². The molecule has 3 fully saturated rings. The molecule has 4 atom stereocenters. The Kier molecular flexibility index (Phi) is 5.33. The van der Waals surface area contributed by atoms with Gasteiger partial charge in [0.05, 0.1) is 0 Å². The molecule has 7 nitrogen and oxygen atoms in total. The predicted molar refractivity (Wildman–Crippen MR) is 111 cm³/mol. The Balaban J connectivity index is 1.23. The second kappa shape index (κ2) is 8.12. The summed E-state index contributed by atoms with van der Waals surface area (Å²) in [6.45, 7) is 3.25. The van der Waals surface area contributed by atoms with Crippen molar-refractivity contribution in [1.82, 2.24) is 20.9 Å². The normalized spacial score (nSPS) is 30.9. The Morgan fingerprint density at radius 2 is 1.97 bits per heavy atom. The molecule has 1 saturated carbocycles. The summed E-state index contributed by atoms with van der Waals surface area (Å²) in [5.41, 5.74) is 2.83. The van der Waals surface area contributed by atoms with Crippen LogP contribution in [-0.4, -0.2) is 47.8 Å². The molecule has 3 amide bonds. The van der Waals surface area contributed by atoms with E-state index < -0.39 is 6.04 Å². The van der Waals surface area contributed by atoms with Crippen molar-refractivity contribution in [3.63, 3.8) is 0 Å². The van der Waals surface area contributed by atoms with Gasteiger partial charge in [-0.25, -0.2) is 0 Å². The van der Waals surface area contributed by atoms with Gasteiger partial charge in [0.2, 0.25) is 11.8 Å². The number of carbonyl (C=O) groups is 3. The van der Waals surface area contributed by atoms with E-state index in [-0.39, 0.29) is 24.1 Å². The molecule has 30 heavy (non-hydrogen) atoms. The van der Waals surface area contributed by atoms with Crippen molar-refractivity contribution in [2.24, 2.45) is 11.8 Å². The highest BCUT2D eigenvalue weighted by molar-refractivity contribution is 6.05. The number of fused-ring (bicyclic) bond motifs is 2. The molecule has 0 bridgehead atoms. The molecule has 4 unspecified atom stereocenters. The number of benzene rings is 1. The Morgan fingerprint density at radius 1 is 1.10 bits per heavy atom. The van der Waals surface area contributed by atoms with E-state index in [1.807, 2.05) is 12.1 Å². The molecule has 1 aliphatic carbocycles. The van der Waals surface area contributed by atoms with Gasteiger partial charge in [0.1, 0.15) is 6.04 Å². The minimum atomic E-state index is -0.559. The van der Waals surface area contributed by atoms with Gasteiger partial charge in [-0.05, 0) is 61.4 Å². The molecule has 160 valence electrons. The highest BCUT2D eigenvalue weighted by Gasteiger charge is 2.40. The lowest BCUT2D eigenvalue weighted by Gasteiger charge is -2.29. The molecule has 3 heterocycles. The Labute approximate surface area is 177 Å². The number of amides is 3. The Hall–Kier alpha value is -2.25. The molecule has 0 spiro atoms. The van der Waals surface area contributed by atoms with E-state index in [1.165, 1.54) is 25.7 Å². The fraction of sp³-hybridized carbons (Fsp3) is 0.609. The van der Waals surface area contributed by atoms with Gasteiger partial charge in [0, 0.05) is 31.1 Å². The quantitative estimate of drug-likeness (QED) is 0.637. The molecular weight excluding hydrogens is 380 g/mol. The van der Waals surface area contributed by atoms with Gasteiger partial charge in [0.25, 0.3) is 5.91 Å². The minimum absolute atomic E-state index is 0.105. The van der Waals surface area contributed by atoms with E-state index >= 15 is 0 Å². The highest BCUT2D eigenvalue weighted by Crippen LogP contribution is 2.34. The average molecular weight is 411 g/mol. The maximum atomic E-state index is 12.9. The second-order valence-corrected chi connectivity index (χ2v) is 9.20. The van der Waals surface area contributed by atoms with Crippen molar-refractivity contribution in [3.8, 4) is 0 Å². The van der Waals surface area contributed by atoms with Crippen molar-refractivity contribution >= 4 is 17.7 Å². The summed E-state index contributed by atoms with van der Waals surface area (Å²) >= 11 is 0. The summed E-state index contributed by atoms with van der Waals surface area (Å²) in [5, 5.41) is 9.70. The third kappa shape index (κ3) is 3.54. The molecule has 0 radical (unpaired) electrons. The molecule has 1 aromatic carbocycles. The zero-order valence-corrected chi connectivity index (χ0v) is 17.3. The van der Waals surface area contributed by atoms with Gasteiger partial charge in [-0.1, -0.05) is 25.0 Å².